The summed E-state index contributed by atoms with van der Waals surface area (Å²) in [7, 11) is 1.67. The van der Waals surface area contributed by atoms with E-state index in [1.165, 1.54) is 0 Å². The molecule has 6 nitrogen and oxygen atoms in total. The molecule has 0 atom stereocenters. The molecule has 2 heterocycles. The average Bonchev–Trinajstić information content (AvgIpc) is 3.11. The molecule has 0 bridgehead atoms. The third-order valence-electron chi connectivity index (χ3n) is 3.51. The summed E-state index contributed by atoms with van der Waals surface area (Å²) >= 11 is 0. The third kappa shape index (κ3) is 4.04. The topological polar surface area (TPSA) is 72.2 Å². The fourth-order valence-electron chi connectivity index (χ4n) is 2.35. The lowest BCUT2D eigenvalue weighted by Crippen LogP contribution is -2.08. The average molecular weight is 324 g/mol. The summed E-state index contributed by atoms with van der Waals surface area (Å²) in [6, 6.07) is 13.6. The van der Waals surface area contributed by atoms with Gasteiger partial charge in [-0.05, 0) is 25.1 Å². The summed E-state index contributed by atoms with van der Waals surface area (Å²) in [4.78, 5) is 8.91. The number of hydrogen-bond acceptors (Lipinski definition) is 6. The smallest absolute Gasteiger partial charge is 0.225 e. The standard InChI is InChI=1S/C18H20N4O2/c1-13-10-17(19-12-15-7-5-9-24-15)22-18(21-13)20-11-14-6-3-4-8-16(14)23-2/h3-10H,11-12H2,1-2H3,(H2,19,20,21,22). The fourth-order valence-corrected chi connectivity index (χ4v) is 2.35. The van der Waals surface area contributed by atoms with E-state index in [9.17, 15) is 0 Å². The first kappa shape index (κ1) is 15.9. The summed E-state index contributed by atoms with van der Waals surface area (Å²) < 4.78 is 10.7. The Morgan fingerprint density at radius 2 is 1.92 bits per heavy atom. The van der Waals surface area contributed by atoms with Crippen LogP contribution in [0.1, 0.15) is 17.0 Å². The van der Waals surface area contributed by atoms with Gasteiger partial charge in [-0.2, -0.15) is 4.98 Å². The van der Waals surface area contributed by atoms with Crippen LogP contribution in [0.4, 0.5) is 11.8 Å². The molecule has 0 saturated heterocycles. The molecule has 2 N–H and O–H groups in total. The summed E-state index contributed by atoms with van der Waals surface area (Å²) in [5.74, 6) is 3.02. The van der Waals surface area contributed by atoms with E-state index in [1.54, 1.807) is 13.4 Å². The van der Waals surface area contributed by atoms with Crippen molar-refractivity contribution < 1.29 is 9.15 Å². The number of hydrogen-bond donors (Lipinski definition) is 2. The largest absolute Gasteiger partial charge is 0.496 e. The number of aryl methyl sites for hydroxylation is 1. The van der Waals surface area contributed by atoms with Crippen LogP contribution >= 0.6 is 0 Å². The Morgan fingerprint density at radius 1 is 1.04 bits per heavy atom. The first-order valence-corrected chi connectivity index (χ1v) is 7.72. The van der Waals surface area contributed by atoms with Crippen LogP contribution < -0.4 is 15.4 Å². The molecule has 0 fully saturated rings. The van der Waals surface area contributed by atoms with Crippen molar-refractivity contribution in [2.75, 3.05) is 17.7 Å². The van der Waals surface area contributed by atoms with E-state index in [4.69, 9.17) is 9.15 Å². The maximum atomic E-state index is 5.36. The second-order valence-electron chi connectivity index (χ2n) is 5.32. The molecule has 0 aliphatic heterocycles. The zero-order chi connectivity index (χ0) is 16.8. The normalized spacial score (nSPS) is 10.4. The van der Waals surface area contributed by atoms with Gasteiger partial charge in [0, 0.05) is 23.9 Å². The summed E-state index contributed by atoms with van der Waals surface area (Å²) in [5, 5.41) is 6.48. The highest BCUT2D eigenvalue weighted by Crippen LogP contribution is 2.19. The van der Waals surface area contributed by atoms with E-state index in [2.05, 4.69) is 20.6 Å². The van der Waals surface area contributed by atoms with Crippen molar-refractivity contribution in [3.8, 4) is 5.75 Å². The van der Waals surface area contributed by atoms with Gasteiger partial charge in [0.15, 0.2) is 0 Å². The molecule has 0 unspecified atom stereocenters. The summed E-state index contributed by atoms with van der Waals surface area (Å²) in [5.41, 5.74) is 1.93. The molecule has 3 aromatic rings. The van der Waals surface area contributed by atoms with Crippen molar-refractivity contribution in [1.29, 1.82) is 0 Å². The van der Waals surface area contributed by atoms with E-state index in [-0.39, 0.29) is 0 Å². The number of benzene rings is 1. The lowest BCUT2D eigenvalue weighted by atomic mass is 10.2. The first-order valence-electron chi connectivity index (χ1n) is 7.72. The van der Waals surface area contributed by atoms with Crippen molar-refractivity contribution in [2.24, 2.45) is 0 Å². The molecule has 24 heavy (non-hydrogen) atoms. The SMILES string of the molecule is COc1ccccc1CNc1nc(C)cc(NCc2ccco2)n1. The molecule has 2 aromatic heterocycles. The number of nitrogens with one attached hydrogen (secondary N) is 2. The minimum absolute atomic E-state index is 0.572. The van der Waals surface area contributed by atoms with E-state index in [0.29, 0.717) is 19.0 Å². The second-order valence-corrected chi connectivity index (χ2v) is 5.32. The zero-order valence-corrected chi connectivity index (χ0v) is 13.7. The Balaban J connectivity index is 1.67. The number of methoxy groups -OCH3 is 1. The monoisotopic (exact) mass is 324 g/mol. The number of aromatic nitrogens is 2. The molecule has 124 valence electrons. The Bertz CT molecular complexity index is 787. The van der Waals surface area contributed by atoms with Gasteiger partial charge in [-0.15, -0.1) is 0 Å². The van der Waals surface area contributed by atoms with Crippen molar-refractivity contribution in [3.63, 3.8) is 0 Å². The van der Waals surface area contributed by atoms with Gasteiger partial charge < -0.3 is 19.8 Å². The first-order chi connectivity index (χ1) is 11.7. The van der Waals surface area contributed by atoms with E-state index in [0.717, 1.165) is 28.6 Å². The predicted molar refractivity (Wildman–Crippen MR) is 93.1 cm³/mol. The van der Waals surface area contributed by atoms with Crippen LogP contribution in [-0.4, -0.2) is 17.1 Å². The second kappa shape index (κ2) is 7.50. The molecule has 1 aromatic carbocycles. The predicted octanol–water partition coefficient (Wildman–Crippen LogP) is 3.61. The Morgan fingerprint density at radius 3 is 2.71 bits per heavy atom. The number of ether oxygens (including phenoxy) is 1. The minimum atomic E-state index is 0.572. The highest BCUT2D eigenvalue weighted by molar-refractivity contribution is 5.43. The molecule has 0 spiro atoms. The Hall–Kier alpha value is -3.02. The molecule has 0 amide bonds. The Labute approximate surface area is 140 Å². The maximum Gasteiger partial charge on any atom is 0.225 e. The van der Waals surface area contributed by atoms with Crippen LogP contribution in [0.5, 0.6) is 5.75 Å². The minimum Gasteiger partial charge on any atom is -0.496 e. The number of rotatable bonds is 7. The van der Waals surface area contributed by atoms with Crippen LogP contribution in [0.2, 0.25) is 0 Å². The quantitative estimate of drug-likeness (QED) is 0.692. The van der Waals surface area contributed by atoms with Gasteiger partial charge in [-0.1, -0.05) is 18.2 Å². The van der Waals surface area contributed by atoms with Crippen molar-refractivity contribution >= 4 is 11.8 Å². The molecule has 0 radical (unpaired) electrons. The molecule has 6 heteroatoms. The summed E-state index contributed by atoms with van der Waals surface area (Å²) in [6.07, 6.45) is 1.66. The van der Waals surface area contributed by atoms with Crippen molar-refractivity contribution in [3.05, 3.63) is 65.7 Å². The molecular weight excluding hydrogens is 304 g/mol. The maximum absolute atomic E-state index is 5.36. The number of anilines is 2. The van der Waals surface area contributed by atoms with Gasteiger partial charge in [0.2, 0.25) is 5.95 Å². The highest BCUT2D eigenvalue weighted by Gasteiger charge is 2.05. The molecule has 0 aliphatic rings. The highest BCUT2D eigenvalue weighted by atomic mass is 16.5. The van der Waals surface area contributed by atoms with Crippen molar-refractivity contribution in [2.45, 2.75) is 20.0 Å². The molecular formula is C18H20N4O2. The molecule has 3 rings (SSSR count). The van der Waals surface area contributed by atoms with Gasteiger partial charge in [-0.3, -0.25) is 0 Å². The van der Waals surface area contributed by atoms with Crippen LogP contribution in [0, 0.1) is 6.92 Å². The van der Waals surface area contributed by atoms with Crippen molar-refractivity contribution in [1.82, 2.24) is 9.97 Å². The zero-order valence-electron chi connectivity index (χ0n) is 13.7. The lowest BCUT2D eigenvalue weighted by molar-refractivity contribution is 0.410. The van der Waals surface area contributed by atoms with E-state index >= 15 is 0 Å². The molecule has 0 aliphatic carbocycles. The number of nitrogens with zero attached hydrogens (tertiary/aromatic N) is 2. The fraction of sp³-hybridized carbons (Fsp3) is 0.222. The van der Waals surface area contributed by atoms with Crippen LogP contribution in [0.25, 0.3) is 0 Å². The molecule has 0 saturated carbocycles. The van der Waals surface area contributed by atoms with Gasteiger partial charge >= 0.3 is 0 Å². The van der Waals surface area contributed by atoms with Gasteiger partial charge in [0.1, 0.15) is 17.3 Å². The van der Waals surface area contributed by atoms with Gasteiger partial charge in [0.05, 0.1) is 19.9 Å². The summed E-state index contributed by atoms with van der Waals surface area (Å²) in [6.45, 7) is 3.11. The third-order valence-corrected chi connectivity index (χ3v) is 3.51. The van der Waals surface area contributed by atoms with Crippen LogP contribution in [0.15, 0.2) is 53.1 Å². The lowest BCUT2D eigenvalue weighted by Gasteiger charge is -2.11. The van der Waals surface area contributed by atoms with Gasteiger partial charge in [-0.25, -0.2) is 4.98 Å². The number of para-hydroxylation sites is 1. The van der Waals surface area contributed by atoms with Gasteiger partial charge in [0.25, 0.3) is 0 Å². The Kier molecular flexibility index (Phi) is 4.96. The van der Waals surface area contributed by atoms with Crippen LogP contribution in [-0.2, 0) is 13.1 Å². The van der Waals surface area contributed by atoms with E-state index < -0.39 is 0 Å². The van der Waals surface area contributed by atoms with E-state index in [1.807, 2.05) is 49.4 Å². The van der Waals surface area contributed by atoms with Crippen LogP contribution in [0.3, 0.4) is 0 Å². The number of furan rings is 1.